The topological polar surface area (TPSA) is 63.2 Å². The molecule has 1 aromatic heterocycles. The summed E-state index contributed by atoms with van der Waals surface area (Å²) in [6.07, 6.45) is 0. The van der Waals surface area contributed by atoms with Crippen LogP contribution in [0.2, 0.25) is 0 Å². The summed E-state index contributed by atoms with van der Waals surface area (Å²) in [5, 5.41) is 6.03. The van der Waals surface area contributed by atoms with Crippen molar-refractivity contribution in [2.24, 2.45) is 0 Å². The molecule has 0 fully saturated rings. The van der Waals surface area contributed by atoms with Crippen LogP contribution in [0.25, 0.3) is 0 Å². The summed E-state index contributed by atoms with van der Waals surface area (Å²) in [5.74, 6) is 0.519. The van der Waals surface area contributed by atoms with Gasteiger partial charge in [-0.25, -0.2) is 4.98 Å². The zero-order chi connectivity index (χ0) is 15.1. The molecule has 0 aliphatic heterocycles. The monoisotopic (exact) mass is 285 g/mol. The van der Waals surface area contributed by atoms with Crippen molar-refractivity contribution in [1.82, 2.24) is 10.3 Å². The van der Waals surface area contributed by atoms with Crippen LogP contribution >= 0.6 is 0 Å². The molecular weight excluding hydrogens is 266 g/mol. The molecule has 0 atom stereocenters. The van der Waals surface area contributed by atoms with Crippen molar-refractivity contribution < 1.29 is 9.53 Å². The van der Waals surface area contributed by atoms with Gasteiger partial charge in [0, 0.05) is 23.9 Å². The van der Waals surface area contributed by atoms with E-state index < -0.39 is 0 Å². The molecule has 21 heavy (non-hydrogen) atoms. The summed E-state index contributed by atoms with van der Waals surface area (Å²) >= 11 is 0. The Kier molecular flexibility index (Phi) is 5.15. The summed E-state index contributed by atoms with van der Waals surface area (Å²) in [6.45, 7) is 3.08. The maximum atomic E-state index is 11.8. The second-order valence-electron chi connectivity index (χ2n) is 4.47. The van der Waals surface area contributed by atoms with Gasteiger partial charge in [0.2, 0.25) is 5.88 Å². The Bertz CT molecular complexity index is 614. The SMILES string of the molecule is CCNC(=O)c1cccc(NCc2cccc(OC)n2)c1. The van der Waals surface area contributed by atoms with Crippen molar-refractivity contribution >= 4 is 11.6 Å². The van der Waals surface area contributed by atoms with Crippen molar-refractivity contribution in [2.45, 2.75) is 13.5 Å². The van der Waals surface area contributed by atoms with Crippen LogP contribution in [0.3, 0.4) is 0 Å². The van der Waals surface area contributed by atoms with E-state index in [0.29, 0.717) is 24.5 Å². The lowest BCUT2D eigenvalue weighted by Crippen LogP contribution is -2.22. The molecular formula is C16H19N3O2. The van der Waals surface area contributed by atoms with Crippen molar-refractivity contribution in [1.29, 1.82) is 0 Å². The molecule has 0 saturated heterocycles. The summed E-state index contributed by atoms with van der Waals surface area (Å²) in [7, 11) is 1.59. The number of nitrogens with one attached hydrogen (secondary N) is 2. The smallest absolute Gasteiger partial charge is 0.251 e. The highest BCUT2D eigenvalue weighted by Gasteiger charge is 2.05. The van der Waals surface area contributed by atoms with E-state index in [0.717, 1.165) is 11.4 Å². The highest BCUT2D eigenvalue weighted by molar-refractivity contribution is 5.95. The van der Waals surface area contributed by atoms with Crippen LogP contribution in [0.5, 0.6) is 5.88 Å². The number of hydrogen-bond donors (Lipinski definition) is 2. The molecule has 0 aliphatic rings. The van der Waals surface area contributed by atoms with E-state index in [1.807, 2.05) is 37.3 Å². The van der Waals surface area contributed by atoms with Crippen molar-refractivity contribution in [3.05, 3.63) is 53.7 Å². The Morgan fingerprint density at radius 3 is 2.81 bits per heavy atom. The van der Waals surface area contributed by atoms with Gasteiger partial charge in [-0.1, -0.05) is 12.1 Å². The molecule has 1 heterocycles. The maximum absolute atomic E-state index is 11.8. The average molecular weight is 285 g/mol. The highest BCUT2D eigenvalue weighted by Crippen LogP contribution is 2.13. The first-order valence-corrected chi connectivity index (χ1v) is 6.85. The third-order valence-electron chi connectivity index (χ3n) is 2.93. The van der Waals surface area contributed by atoms with Crippen molar-refractivity contribution in [3.8, 4) is 5.88 Å². The Morgan fingerprint density at radius 1 is 1.24 bits per heavy atom. The Morgan fingerprint density at radius 2 is 2.05 bits per heavy atom. The van der Waals surface area contributed by atoms with Crippen LogP contribution in [0.15, 0.2) is 42.5 Å². The first-order chi connectivity index (χ1) is 10.2. The summed E-state index contributed by atoms with van der Waals surface area (Å²) in [4.78, 5) is 16.1. The molecule has 0 saturated carbocycles. The molecule has 5 heteroatoms. The van der Waals surface area contributed by atoms with Gasteiger partial charge in [0.15, 0.2) is 0 Å². The van der Waals surface area contributed by atoms with Gasteiger partial charge >= 0.3 is 0 Å². The molecule has 0 unspecified atom stereocenters. The normalized spacial score (nSPS) is 10.0. The molecule has 0 radical (unpaired) electrons. The van der Waals surface area contributed by atoms with E-state index in [2.05, 4.69) is 15.6 Å². The molecule has 2 aromatic rings. The number of pyridine rings is 1. The predicted octanol–water partition coefficient (Wildman–Crippen LogP) is 2.45. The lowest BCUT2D eigenvalue weighted by molar-refractivity contribution is 0.0956. The maximum Gasteiger partial charge on any atom is 0.251 e. The van der Waals surface area contributed by atoms with Gasteiger partial charge in [-0.05, 0) is 31.2 Å². The van der Waals surface area contributed by atoms with Crippen LogP contribution in [0, 0.1) is 0 Å². The van der Waals surface area contributed by atoms with Gasteiger partial charge in [-0.3, -0.25) is 4.79 Å². The number of methoxy groups -OCH3 is 1. The molecule has 1 amide bonds. The molecule has 1 aromatic carbocycles. The van der Waals surface area contributed by atoms with E-state index in [1.165, 1.54) is 0 Å². The van der Waals surface area contributed by atoms with Gasteiger partial charge in [0.05, 0.1) is 19.3 Å². The van der Waals surface area contributed by atoms with E-state index in [9.17, 15) is 4.79 Å². The number of ether oxygens (including phenoxy) is 1. The van der Waals surface area contributed by atoms with Gasteiger partial charge in [-0.2, -0.15) is 0 Å². The van der Waals surface area contributed by atoms with Crippen molar-refractivity contribution in [2.75, 3.05) is 19.0 Å². The number of anilines is 1. The minimum atomic E-state index is -0.0688. The largest absolute Gasteiger partial charge is 0.481 e. The number of benzene rings is 1. The molecule has 5 nitrogen and oxygen atoms in total. The summed E-state index contributed by atoms with van der Waals surface area (Å²) in [5.41, 5.74) is 2.39. The molecule has 0 spiro atoms. The molecule has 110 valence electrons. The first kappa shape index (κ1) is 14.8. The Labute approximate surface area is 124 Å². The highest BCUT2D eigenvalue weighted by atomic mass is 16.5. The first-order valence-electron chi connectivity index (χ1n) is 6.85. The number of rotatable bonds is 6. The molecule has 2 N–H and O–H groups in total. The van der Waals surface area contributed by atoms with E-state index in [1.54, 1.807) is 19.2 Å². The lowest BCUT2D eigenvalue weighted by Gasteiger charge is -2.09. The minimum Gasteiger partial charge on any atom is -0.481 e. The van der Waals surface area contributed by atoms with Crippen LogP contribution in [0.1, 0.15) is 23.0 Å². The summed E-state index contributed by atoms with van der Waals surface area (Å²) in [6, 6.07) is 13.0. The fraction of sp³-hybridized carbons (Fsp3) is 0.250. The van der Waals surface area contributed by atoms with Gasteiger partial charge in [0.1, 0.15) is 0 Å². The predicted molar refractivity (Wildman–Crippen MR) is 82.6 cm³/mol. The van der Waals surface area contributed by atoms with Crippen LogP contribution in [-0.4, -0.2) is 24.5 Å². The Hall–Kier alpha value is -2.56. The fourth-order valence-corrected chi connectivity index (χ4v) is 1.90. The van der Waals surface area contributed by atoms with E-state index in [4.69, 9.17) is 4.74 Å². The molecule has 0 aliphatic carbocycles. The third-order valence-corrected chi connectivity index (χ3v) is 2.93. The van der Waals surface area contributed by atoms with Gasteiger partial charge < -0.3 is 15.4 Å². The van der Waals surface area contributed by atoms with Gasteiger partial charge in [0.25, 0.3) is 5.91 Å². The van der Waals surface area contributed by atoms with E-state index in [-0.39, 0.29) is 5.91 Å². The summed E-state index contributed by atoms with van der Waals surface area (Å²) < 4.78 is 5.09. The second-order valence-corrected chi connectivity index (χ2v) is 4.47. The Balaban J connectivity index is 2.02. The number of aromatic nitrogens is 1. The van der Waals surface area contributed by atoms with Crippen LogP contribution in [0.4, 0.5) is 5.69 Å². The quantitative estimate of drug-likeness (QED) is 0.855. The van der Waals surface area contributed by atoms with Crippen LogP contribution in [-0.2, 0) is 6.54 Å². The molecule has 2 rings (SSSR count). The lowest BCUT2D eigenvalue weighted by atomic mass is 10.2. The third kappa shape index (κ3) is 4.21. The van der Waals surface area contributed by atoms with Crippen LogP contribution < -0.4 is 15.4 Å². The van der Waals surface area contributed by atoms with Crippen molar-refractivity contribution in [3.63, 3.8) is 0 Å². The molecule has 0 bridgehead atoms. The number of carbonyl (C=O) groups is 1. The number of hydrogen-bond acceptors (Lipinski definition) is 4. The number of amides is 1. The zero-order valence-electron chi connectivity index (χ0n) is 12.2. The minimum absolute atomic E-state index is 0.0688. The number of carbonyl (C=O) groups excluding carboxylic acids is 1. The van der Waals surface area contributed by atoms with Gasteiger partial charge in [-0.15, -0.1) is 0 Å². The zero-order valence-corrected chi connectivity index (χ0v) is 12.2. The second kappa shape index (κ2) is 7.28. The van der Waals surface area contributed by atoms with E-state index >= 15 is 0 Å². The standard InChI is InChI=1S/C16H19N3O2/c1-3-17-16(20)12-6-4-7-13(10-12)18-11-14-8-5-9-15(19-14)21-2/h4-10,18H,3,11H2,1-2H3,(H,17,20). The average Bonchev–Trinajstić information content (AvgIpc) is 2.53. The fourth-order valence-electron chi connectivity index (χ4n) is 1.90. The number of nitrogens with zero attached hydrogens (tertiary/aromatic N) is 1.